The average Bonchev–Trinajstić information content (AvgIpc) is 2.90. The molecule has 0 saturated heterocycles. The molecule has 1 nitrogen and oxygen atoms in total. The number of hydrogen-bond donors (Lipinski definition) is 1. The molecule has 1 N–H and O–H groups in total. The molecule has 2 aromatic carbocycles. The van der Waals surface area contributed by atoms with E-state index < -0.39 is 0 Å². The van der Waals surface area contributed by atoms with Crippen LogP contribution in [0.3, 0.4) is 0 Å². The molecule has 0 amide bonds. The summed E-state index contributed by atoms with van der Waals surface area (Å²) >= 11 is 0. The number of hydrogen-bond acceptors (Lipinski definition) is 1. The fraction of sp³-hybridized carbons (Fsp3) is 0.400. The Bertz CT molecular complexity index is 584. The highest BCUT2D eigenvalue weighted by Crippen LogP contribution is 2.30. The molecule has 0 aromatic heterocycles. The molecule has 0 fully saturated rings. The van der Waals surface area contributed by atoms with E-state index in [0.29, 0.717) is 12.0 Å². The lowest BCUT2D eigenvalue weighted by atomic mass is 9.88. The third-order valence-electron chi connectivity index (χ3n) is 5.09. The van der Waals surface area contributed by atoms with Crippen LogP contribution in [0.25, 0.3) is 0 Å². The normalized spacial score (nSPS) is 16.0. The highest BCUT2D eigenvalue weighted by atomic mass is 14.9. The maximum absolute atomic E-state index is 3.58. The lowest BCUT2D eigenvalue weighted by Crippen LogP contribution is -2.36. The van der Waals surface area contributed by atoms with Gasteiger partial charge in [-0.25, -0.2) is 0 Å². The Hall–Kier alpha value is -1.60. The highest BCUT2D eigenvalue weighted by Gasteiger charge is 2.28. The standard InChI is InChI=1S/C20H25N/c1-14-7-6-8-15(2)19(14)13-20(21-3)18-11-16-9-4-5-10-17(16)12-18/h4-10,18,20-21H,11-13H2,1-3H3. The van der Waals surface area contributed by atoms with Gasteiger partial charge in [-0.05, 0) is 73.9 Å². The van der Waals surface area contributed by atoms with Crippen molar-refractivity contribution in [1.29, 1.82) is 0 Å². The van der Waals surface area contributed by atoms with Gasteiger partial charge >= 0.3 is 0 Å². The molecule has 2 aromatic rings. The Labute approximate surface area is 128 Å². The Kier molecular flexibility index (Phi) is 4.12. The highest BCUT2D eigenvalue weighted by molar-refractivity contribution is 5.36. The van der Waals surface area contributed by atoms with Gasteiger partial charge in [0, 0.05) is 6.04 Å². The van der Waals surface area contributed by atoms with E-state index in [4.69, 9.17) is 0 Å². The first-order chi connectivity index (χ1) is 10.2. The van der Waals surface area contributed by atoms with Crippen LogP contribution >= 0.6 is 0 Å². The molecule has 0 saturated carbocycles. The molecular formula is C20H25N. The quantitative estimate of drug-likeness (QED) is 0.896. The van der Waals surface area contributed by atoms with Gasteiger partial charge in [-0.15, -0.1) is 0 Å². The predicted octanol–water partition coefficient (Wildman–Crippen LogP) is 3.85. The van der Waals surface area contributed by atoms with Crippen LogP contribution in [0.2, 0.25) is 0 Å². The summed E-state index contributed by atoms with van der Waals surface area (Å²) in [7, 11) is 2.11. The minimum Gasteiger partial charge on any atom is -0.316 e. The summed E-state index contributed by atoms with van der Waals surface area (Å²) < 4.78 is 0. The molecule has 0 bridgehead atoms. The second kappa shape index (κ2) is 6.03. The topological polar surface area (TPSA) is 12.0 Å². The van der Waals surface area contributed by atoms with Gasteiger partial charge in [0.2, 0.25) is 0 Å². The number of fused-ring (bicyclic) bond motifs is 1. The summed E-state index contributed by atoms with van der Waals surface area (Å²) in [6.07, 6.45) is 3.56. The molecule has 1 aliphatic carbocycles. The van der Waals surface area contributed by atoms with E-state index in [9.17, 15) is 0 Å². The van der Waals surface area contributed by atoms with Crippen molar-refractivity contribution < 1.29 is 0 Å². The van der Waals surface area contributed by atoms with Crippen LogP contribution in [0.15, 0.2) is 42.5 Å². The minimum absolute atomic E-state index is 0.553. The predicted molar refractivity (Wildman–Crippen MR) is 89.8 cm³/mol. The third kappa shape index (κ3) is 2.89. The number of likely N-dealkylation sites (N-methyl/N-ethyl adjacent to an activating group) is 1. The van der Waals surface area contributed by atoms with Crippen LogP contribution in [0, 0.1) is 19.8 Å². The van der Waals surface area contributed by atoms with Gasteiger partial charge in [0.05, 0.1) is 0 Å². The van der Waals surface area contributed by atoms with Gasteiger partial charge in [0.25, 0.3) is 0 Å². The molecule has 110 valence electrons. The molecule has 3 rings (SSSR count). The molecule has 0 aliphatic heterocycles. The second-order valence-corrected chi connectivity index (χ2v) is 6.41. The zero-order valence-electron chi connectivity index (χ0n) is 13.3. The molecule has 1 aliphatic rings. The van der Waals surface area contributed by atoms with Crippen molar-refractivity contribution in [3.8, 4) is 0 Å². The van der Waals surface area contributed by atoms with E-state index in [1.54, 1.807) is 11.1 Å². The van der Waals surface area contributed by atoms with Crippen molar-refractivity contribution in [2.24, 2.45) is 5.92 Å². The van der Waals surface area contributed by atoms with Crippen LogP contribution in [-0.4, -0.2) is 13.1 Å². The fourth-order valence-electron chi connectivity index (χ4n) is 3.77. The van der Waals surface area contributed by atoms with Gasteiger partial charge in [-0.3, -0.25) is 0 Å². The van der Waals surface area contributed by atoms with Gasteiger partial charge < -0.3 is 5.32 Å². The van der Waals surface area contributed by atoms with Crippen molar-refractivity contribution in [2.45, 2.75) is 39.2 Å². The Morgan fingerprint density at radius 2 is 1.52 bits per heavy atom. The Morgan fingerprint density at radius 3 is 2.05 bits per heavy atom. The molecule has 1 atom stereocenters. The van der Waals surface area contributed by atoms with Crippen molar-refractivity contribution in [3.63, 3.8) is 0 Å². The first kappa shape index (κ1) is 14.3. The Balaban J connectivity index is 1.78. The van der Waals surface area contributed by atoms with Crippen LogP contribution in [-0.2, 0) is 19.3 Å². The number of benzene rings is 2. The van der Waals surface area contributed by atoms with E-state index in [1.807, 2.05) is 0 Å². The lowest BCUT2D eigenvalue weighted by molar-refractivity contribution is 0.382. The molecule has 1 unspecified atom stereocenters. The number of aryl methyl sites for hydroxylation is 2. The van der Waals surface area contributed by atoms with Crippen LogP contribution in [0.5, 0.6) is 0 Å². The minimum atomic E-state index is 0.553. The zero-order valence-corrected chi connectivity index (χ0v) is 13.3. The maximum atomic E-state index is 3.58. The fourth-order valence-corrected chi connectivity index (χ4v) is 3.77. The third-order valence-corrected chi connectivity index (χ3v) is 5.09. The molecule has 0 spiro atoms. The summed E-state index contributed by atoms with van der Waals surface area (Å²) in [5.74, 6) is 0.714. The SMILES string of the molecule is CNC(Cc1c(C)cccc1C)C1Cc2ccccc2C1. The zero-order chi connectivity index (χ0) is 14.8. The van der Waals surface area contributed by atoms with Gasteiger partial charge in [-0.2, -0.15) is 0 Å². The van der Waals surface area contributed by atoms with Crippen molar-refractivity contribution >= 4 is 0 Å². The Morgan fingerprint density at radius 1 is 0.952 bits per heavy atom. The van der Waals surface area contributed by atoms with Crippen molar-refractivity contribution in [1.82, 2.24) is 5.32 Å². The second-order valence-electron chi connectivity index (χ2n) is 6.41. The van der Waals surface area contributed by atoms with Crippen LogP contribution in [0.1, 0.15) is 27.8 Å². The lowest BCUT2D eigenvalue weighted by Gasteiger charge is -2.25. The largest absolute Gasteiger partial charge is 0.316 e. The first-order valence-electron chi connectivity index (χ1n) is 7.98. The van der Waals surface area contributed by atoms with Crippen molar-refractivity contribution in [2.75, 3.05) is 7.05 Å². The molecule has 1 heteroatoms. The van der Waals surface area contributed by atoms with Gasteiger partial charge in [0.1, 0.15) is 0 Å². The summed E-state index contributed by atoms with van der Waals surface area (Å²) in [6, 6.07) is 16.1. The summed E-state index contributed by atoms with van der Waals surface area (Å²) in [6.45, 7) is 4.47. The first-order valence-corrected chi connectivity index (χ1v) is 7.98. The summed E-state index contributed by atoms with van der Waals surface area (Å²) in [5, 5.41) is 3.58. The molecule has 0 heterocycles. The molecule has 0 radical (unpaired) electrons. The van der Waals surface area contributed by atoms with E-state index in [2.05, 4.69) is 68.7 Å². The summed E-state index contributed by atoms with van der Waals surface area (Å²) in [4.78, 5) is 0. The molecular weight excluding hydrogens is 254 g/mol. The number of rotatable bonds is 4. The number of nitrogens with one attached hydrogen (secondary N) is 1. The monoisotopic (exact) mass is 279 g/mol. The van der Waals surface area contributed by atoms with Crippen LogP contribution in [0.4, 0.5) is 0 Å². The van der Waals surface area contributed by atoms with E-state index in [1.165, 1.54) is 29.5 Å². The summed E-state index contributed by atoms with van der Waals surface area (Å²) in [5.41, 5.74) is 7.46. The van der Waals surface area contributed by atoms with E-state index >= 15 is 0 Å². The van der Waals surface area contributed by atoms with E-state index in [0.717, 1.165) is 6.42 Å². The average molecular weight is 279 g/mol. The van der Waals surface area contributed by atoms with E-state index in [-0.39, 0.29) is 0 Å². The van der Waals surface area contributed by atoms with Gasteiger partial charge in [0.15, 0.2) is 0 Å². The van der Waals surface area contributed by atoms with Crippen molar-refractivity contribution in [3.05, 3.63) is 70.3 Å². The molecule has 21 heavy (non-hydrogen) atoms. The van der Waals surface area contributed by atoms with Crippen LogP contribution < -0.4 is 5.32 Å². The smallest absolute Gasteiger partial charge is 0.0139 e. The maximum Gasteiger partial charge on any atom is 0.0139 e. The van der Waals surface area contributed by atoms with Gasteiger partial charge in [-0.1, -0.05) is 42.5 Å².